The minimum atomic E-state index is -1.80. The fourth-order valence-electron chi connectivity index (χ4n) is 4.99. The fourth-order valence-corrected chi connectivity index (χ4v) is 18.8. The van der Waals surface area contributed by atoms with Gasteiger partial charge in [-0.3, -0.25) is 0 Å². The molecule has 8 heteroatoms. The molecule has 0 aromatic heterocycles. The SMILES string of the molecule is CC[Si](C)(C)[Si]1(C)c2c(NC(C)(C)C)c(O[Si](C)(C)C)c3c([cH-]c4ccccc43)c21.[Cl-].[Cl-].[Zr+3]. The maximum Gasteiger partial charge on any atom is 3.00 e. The number of benzene rings is 2. The number of hydrogen-bond donors (Lipinski definition) is 1. The van der Waals surface area contributed by atoms with Crippen molar-refractivity contribution in [3.05, 3.63) is 30.3 Å². The van der Waals surface area contributed by atoms with Gasteiger partial charge >= 0.3 is 26.2 Å². The normalized spacial score (nSPS) is 17.5. The average molecular weight is 615 g/mol. The minimum absolute atomic E-state index is 0. The van der Waals surface area contributed by atoms with Gasteiger partial charge in [-0.15, -0.1) is 33.5 Å². The Labute approximate surface area is 234 Å². The number of hydrogen-bond acceptors (Lipinski definition) is 2. The standard InChI is InChI=1S/C25H38NOSi3.2ClH.Zr/c1-11-29(8,9)30(10)23-19-16-17-14-12-13-15-18(17)20(19)22(27-28(5,6)7)21(24(23)30)26-25(2,3)4;;;/h12-16,26H,11H2,1-10H3;2*1H;/q-1;;;+3/p-2. The summed E-state index contributed by atoms with van der Waals surface area (Å²) in [5.74, 6) is 1.14. The van der Waals surface area contributed by atoms with Crippen LogP contribution >= 0.6 is 0 Å². The maximum atomic E-state index is 6.93. The third kappa shape index (κ3) is 5.13. The molecule has 0 spiro atoms. The predicted molar refractivity (Wildman–Crippen MR) is 143 cm³/mol. The molecule has 3 aromatic carbocycles. The third-order valence-corrected chi connectivity index (χ3v) is 25.8. The Kier molecular flexibility index (Phi) is 9.24. The van der Waals surface area contributed by atoms with Crippen LogP contribution in [-0.4, -0.2) is 29.0 Å². The number of nitrogens with one attached hydrogen (secondary N) is 1. The first-order chi connectivity index (χ1) is 13.7. The second-order valence-corrected chi connectivity index (χ2v) is 31.1. The molecule has 1 radical (unpaired) electrons. The van der Waals surface area contributed by atoms with E-state index in [-0.39, 0.29) is 56.6 Å². The summed E-state index contributed by atoms with van der Waals surface area (Å²) in [4.78, 5) is 0. The van der Waals surface area contributed by atoms with Gasteiger partial charge in [0.05, 0.1) is 19.0 Å². The van der Waals surface area contributed by atoms with Crippen molar-refractivity contribution < 1.29 is 55.4 Å². The van der Waals surface area contributed by atoms with E-state index < -0.39 is 23.5 Å². The van der Waals surface area contributed by atoms with Gasteiger partial charge in [-0.1, -0.05) is 61.4 Å². The average Bonchev–Trinajstić information content (AvgIpc) is 3.08. The van der Waals surface area contributed by atoms with Crippen LogP contribution in [0.15, 0.2) is 30.3 Å². The van der Waals surface area contributed by atoms with Crippen molar-refractivity contribution in [2.45, 2.75) is 78.6 Å². The second-order valence-electron chi connectivity index (χ2n) is 11.9. The first kappa shape index (κ1) is 31.1. The second kappa shape index (κ2) is 9.82. The van der Waals surface area contributed by atoms with E-state index in [1.165, 1.54) is 33.3 Å². The van der Waals surface area contributed by atoms with Gasteiger partial charge in [0.15, 0.2) is 0 Å². The summed E-state index contributed by atoms with van der Waals surface area (Å²) in [6, 6.07) is 12.7. The third-order valence-electron chi connectivity index (χ3n) is 7.11. The van der Waals surface area contributed by atoms with Crippen LogP contribution in [0.3, 0.4) is 0 Å². The monoisotopic (exact) mass is 612 g/mol. The Balaban J connectivity index is 0.00000181. The maximum absolute atomic E-state index is 6.93. The van der Waals surface area contributed by atoms with Crippen LogP contribution in [0.2, 0.25) is 45.3 Å². The molecule has 0 aliphatic carbocycles. The zero-order chi connectivity index (χ0) is 22.3. The molecule has 1 aliphatic heterocycles. The fraction of sp³-hybridized carbons (Fsp3) is 0.480. The summed E-state index contributed by atoms with van der Waals surface area (Å²) in [5.41, 5.74) is 1.32. The first-order valence-corrected chi connectivity index (χ1v) is 21.5. The molecule has 1 N–H and O–H groups in total. The summed E-state index contributed by atoms with van der Waals surface area (Å²) >= 11 is 0. The number of anilines is 1. The molecule has 0 saturated carbocycles. The van der Waals surface area contributed by atoms with Gasteiger partial charge in [-0.05, 0) is 40.4 Å². The van der Waals surface area contributed by atoms with E-state index in [0.717, 1.165) is 5.75 Å². The zero-order valence-corrected chi connectivity index (χ0v) is 28.7. The predicted octanol–water partition coefficient (Wildman–Crippen LogP) is 0.454. The summed E-state index contributed by atoms with van der Waals surface area (Å²) < 4.78 is 6.93. The van der Waals surface area contributed by atoms with Gasteiger partial charge in [0.1, 0.15) is 0 Å². The van der Waals surface area contributed by atoms with Crippen molar-refractivity contribution in [2.24, 2.45) is 0 Å². The molecule has 0 saturated heterocycles. The molecule has 179 valence electrons. The van der Waals surface area contributed by atoms with Crippen LogP contribution in [0.25, 0.3) is 21.5 Å². The molecule has 3 aromatic rings. The Hall–Kier alpha value is 0.0238. The van der Waals surface area contributed by atoms with Gasteiger partial charge in [0.25, 0.3) is 0 Å². The Bertz CT molecular complexity index is 1160. The van der Waals surface area contributed by atoms with E-state index in [4.69, 9.17) is 4.43 Å². The largest absolute Gasteiger partial charge is 3.00 e. The van der Waals surface area contributed by atoms with Crippen molar-refractivity contribution in [3.8, 4) is 5.75 Å². The van der Waals surface area contributed by atoms with E-state index >= 15 is 0 Å². The van der Waals surface area contributed by atoms with Crippen LogP contribution in [0, 0.1) is 0 Å². The Morgan fingerprint density at radius 2 is 1.58 bits per heavy atom. The van der Waals surface area contributed by atoms with Crippen molar-refractivity contribution >= 4 is 61.1 Å². The molecule has 4 rings (SSSR count). The van der Waals surface area contributed by atoms with Crippen LogP contribution < -0.4 is 44.9 Å². The molecule has 0 amide bonds. The van der Waals surface area contributed by atoms with Gasteiger partial charge in [0.2, 0.25) is 8.32 Å². The first-order valence-electron chi connectivity index (χ1n) is 11.4. The molecule has 33 heavy (non-hydrogen) atoms. The molecule has 0 fully saturated rings. The van der Waals surface area contributed by atoms with Crippen LogP contribution in [0.5, 0.6) is 5.75 Å². The van der Waals surface area contributed by atoms with Crippen LogP contribution in [-0.2, 0) is 26.2 Å². The van der Waals surface area contributed by atoms with E-state index in [1.807, 2.05) is 0 Å². The van der Waals surface area contributed by atoms with Crippen molar-refractivity contribution in [1.29, 1.82) is 0 Å². The van der Waals surface area contributed by atoms with Crippen LogP contribution in [0.1, 0.15) is 27.7 Å². The molecule has 1 unspecified atom stereocenters. The molecule has 0 bridgehead atoms. The molecule has 1 aliphatic rings. The van der Waals surface area contributed by atoms with Gasteiger partial charge < -0.3 is 34.6 Å². The summed E-state index contributed by atoms with van der Waals surface area (Å²) in [5, 5.41) is 12.9. The Morgan fingerprint density at radius 1 is 1.00 bits per heavy atom. The van der Waals surface area contributed by atoms with E-state index in [1.54, 1.807) is 10.4 Å². The molecule has 1 heterocycles. The van der Waals surface area contributed by atoms with E-state index in [2.05, 4.69) is 103 Å². The smallest absolute Gasteiger partial charge is 1.00 e. The molecular formula is C25H38Cl2NOSi3Zr. The molecule has 2 nitrogen and oxygen atoms in total. The van der Waals surface area contributed by atoms with Crippen molar-refractivity contribution in [3.63, 3.8) is 0 Å². The number of rotatable bonds is 5. The summed E-state index contributed by atoms with van der Waals surface area (Å²) in [6.45, 7) is 24.0. The summed E-state index contributed by atoms with van der Waals surface area (Å²) in [7, 11) is -4.81. The van der Waals surface area contributed by atoms with Crippen LogP contribution in [0.4, 0.5) is 5.69 Å². The Morgan fingerprint density at radius 3 is 2.09 bits per heavy atom. The van der Waals surface area contributed by atoms with Gasteiger partial charge in [0, 0.05) is 13.1 Å². The van der Waals surface area contributed by atoms with Gasteiger partial charge in [-0.2, -0.15) is 0 Å². The van der Waals surface area contributed by atoms with E-state index in [9.17, 15) is 0 Å². The summed E-state index contributed by atoms with van der Waals surface area (Å²) in [6.07, 6.45) is 0. The molecule has 1 atom stereocenters. The van der Waals surface area contributed by atoms with E-state index in [0.29, 0.717) is 0 Å². The quantitative estimate of drug-likeness (QED) is 0.333. The van der Waals surface area contributed by atoms with Gasteiger partial charge in [-0.25, -0.2) is 0 Å². The number of halogens is 2. The zero-order valence-electron chi connectivity index (χ0n) is 21.8. The van der Waals surface area contributed by atoms with Crippen molar-refractivity contribution in [1.82, 2.24) is 0 Å². The minimum Gasteiger partial charge on any atom is -1.00 e. The number of fused-ring (bicyclic) bond motifs is 5. The van der Waals surface area contributed by atoms with Crippen molar-refractivity contribution in [2.75, 3.05) is 5.32 Å². The topological polar surface area (TPSA) is 21.3 Å². The molecular weight excluding hydrogens is 577 g/mol.